The average Bonchev–Trinajstić information content (AvgIpc) is 2.80. The number of aryl methyl sites for hydroxylation is 1. The minimum absolute atomic E-state index is 0.375. The van der Waals surface area contributed by atoms with Crippen molar-refractivity contribution in [2.45, 2.75) is 44.4 Å². The quantitative estimate of drug-likeness (QED) is 0.772. The van der Waals surface area contributed by atoms with Crippen molar-refractivity contribution in [1.29, 1.82) is 0 Å². The van der Waals surface area contributed by atoms with Crippen molar-refractivity contribution >= 4 is 5.78 Å². The van der Waals surface area contributed by atoms with E-state index in [1.807, 2.05) is 12.1 Å². The first-order chi connectivity index (χ1) is 9.24. The van der Waals surface area contributed by atoms with Gasteiger partial charge in [0.05, 0.1) is 0 Å². The summed E-state index contributed by atoms with van der Waals surface area (Å²) in [5, 5.41) is 9.62. The minimum Gasteiger partial charge on any atom is -0.508 e. The molecule has 4 unspecified atom stereocenters. The zero-order chi connectivity index (χ0) is 13.0. The number of fused-ring (bicyclic) bond motifs is 5. The molecule has 0 saturated heterocycles. The van der Waals surface area contributed by atoms with E-state index in [4.69, 9.17) is 0 Å². The summed E-state index contributed by atoms with van der Waals surface area (Å²) in [6, 6.07) is 5.89. The van der Waals surface area contributed by atoms with Gasteiger partial charge in [-0.05, 0) is 73.1 Å². The molecule has 0 heterocycles. The number of hydrogen-bond donors (Lipinski definition) is 1. The Morgan fingerprint density at radius 1 is 0.947 bits per heavy atom. The highest BCUT2D eigenvalue weighted by atomic mass is 16.3. The molecule has 3 aliphatic carbocycles. The van der Waals surface area contributed by atoms with E-state index in [0.29, 0.717) is 35.2 Å². The van der Waals surface area contributed by atoms with Gasteiger partial charge >= 0.3 is 0 Å². The van der Waals surface area contributed by atoms with Gasteiger partial charge in [-0.1, -0.05) is 6.07 Å². The molecule has 4 atom stereocenters. The monoisotopic (exact) mass is 256 g/mol. The molecule has 0 spiro atoms. The lowest BCUT2D eigenvalue weighted by Crippen LogP contribution is -2.35. The molecule has 2 fully saturated rings. The molecule has 0 radical (unpaired) electrons. The number of rotatable bonds is 0. The summed E-state index contributed by atoms with van der Waals surface area (Å²) < 4.78 is 0. The molecule has 0 amide bonds. The SMILES string of the molecule is O=C1CCC2C1CCC1c3ccc(O)cc3CCC12. The van der Waals surface area contributed by atoms with Gasteiger partial charge in [-0.3, -0.25) is 4.79 Å². The van der Waals surface area contributed by atoms with Crippen LogP contribution in [0.1, 0.15) is 49.1 Å². The number of ketones is 1. The van der Waals surface area contributed by atoms with Gasteiger partial charge in [-0.15, -0.1) is 0 Å². The van der Waals surface area contributed by atoms with E-state index < -0.39 is 0 Å². The van der Waals surface area contributed by atoms with Crippen LogP contribution in [-0.2, 0) is 11.2 Å². The summed E-state index contributed by atoms with van der Waals surface area (Å²) in [6.07, 6.45) is 6.47. The van der Waals surface area contributed by atoms with Crippen LogP contribution in [0.15, 0.2) is 18.2 Å². The molecular weight excluding hydrogens is 236 g/mol. The normalized spacial score (nSPS) is 36.5. The number of benzene rings is 1. The Bertz CT molecular complexity index is 534. The van der Waals surface area contributed by atoms with Crippen molar-refractivity contribution in [3.63, 3.8) is 0 Å². The number of Topliss-reactive ketones (excluding diaryl/α,β-unsaturated/α-hetero) is 1. The molecule has 1 aromatic rings. The Labute approximate surface area is 113 Å². The second kappa shape index (κ2) is 4.09. The van der Waals surface area contributed by atoms with Gasteiger partial charge in [0.25, 0.3) is 0 Å². The topological polar surface area (TPSA) is 37.3 Å². The molecule has 3 aliphatic rings. The molecule has 1 aromatic carbocycles. The summed E-state index contributed by atoms with van der Waals surface area (Å²) in [5.74, 6) is 3.29. The van der Waals surface area contributed by atoms with Crippen LogP contribution in [0.25, 0.3) is 0 Å². The second-order valence-corrected chi connectivity index (χ2v) is 6.54. The number of carbonyl (C=O) groups excluding carboxylic acids is 1. The number of phenols is 1. The second-order valence-electron chi connectivity index (χ2n) is 6.54. The van der Waals surface area contributed by atoms with Gasteiger partial charge in [-0.2, -0.15) is 0 Å². The standard InChI is InChI=1S/C17H20O2/c18-11-2-4-12-10(9-11)1-3-14-13(12)5-6-16-15(14)7-8-17(16)19/h2,4,9,13-16,18H,1,3,5-8H2. The zero-order valence-corrected chi connectivity index (χ0v) is 11.1. The lowest BCUT2D eigenvalue weighted by molar-refractivity contribution is -0.122. The van der Waals surface area contributed by atoms with Crippen molar-refractivity contribution < 1.29 is 9.90 Å². The summed E-state index contributed by atoms with van der Waals surface area (Å²) in [6.45, 7) is 0. The van der Waals surface area contributed by atoms with Crippen molar-refractivity contribution in [1.82, 2.24) is 0 Å². The number of hydrogen-bond acceptors (Lipinski definition) is 2. The third-order valence-electron chi connectivity index (χ3n) is 5.78. The van der Waals surface area contributed by atoms with Crippen LogP contribution < -0.4 is 0 Å². The number of phenolic OH excluding ortho intramolecular Hbond substituents is 1. The molecule has 0 aromatic heterocycles. The third kappa shape index (κ3) is 1.65. The highest BCUT2D eigenvalue weighted by Gasteiger charge is 2.47. The van der Waals surface area contributed by atoms with Gasteiger partial charge in [-0.25, -0.2) is 0 Å². The first kappa shape index (κ1) is 11.5. The summed E-state index contributed by atoms with van der Waals surface area (Å²) in [5.41, 5.74) is 2.79. The van der Waals surface area contributed by atoms with Crippen LogP contribution in [0.5, 0.6) is 5.75 Å². The lowest BCUT2D eigenvalue weighted by Gasteiger charge is -2.43. The third-order valence-corrected chi connectivity index (χ3v) is 5.78. The van der Waals surface area contributed by atoms with Gasteiger partial charge in [0, 0.05) is 12.3 Å². The molecule has 1 N–H and O–H groups in total. The van der Waals surface area contributed by atoms with E-state index in [0.717, 1.165) is 32.1 Å². The number of aromatic hydroxyl groups is 1. The van der Waals surface area contributed by atoms with Gasteiger partial charge in [0.15, 0.2) is 0 Å². The van der Waals surface area contributed by atoms with E-state index in [1.165, 1.54) is 17.5 Å². The molecule has 2 nitrogen and oxygen atoms in total. The predicted molar refractivity (Wildman–Crippen MR) is 73.1 cm³/mol. The average molecular weight is 256 g/mol. The molecule has 19 heavy (non-hydrogen) atoms. The Balaban J connectivity index is 1.70. The molecular formula is C17H20O2. The highest BCUT2D eigenvalue weighted by Crippen LogP contribution is 2.54. The molecule has 2 heteroatoms. The molecule has 0 aliphatic heterocycles. The highest BCUT2D eigenvalue weighted by molar-refractivity contribution is 5.83. The fourth-order valence-electron chi connectivity index (χ4n) is 4.99. The van der Waals surface area contributed by atoms with Gasteiger partial charge in [0.2, 0.25) is 0 Å². The van der Waals surface area contributed by atoms with E-state index in [2.05, 4.69) is 6.07 Å². The number of carbonyl (C=O) groups is 1. The largest absolute Gasteiger partial charge is 0.508 e. The van der Waals surface area contributed by atoms with Crippen LogP contribution in [-0.4, -0.2) is 10.9 Å². The molecule has 0 bridgehead atoms. The fraction of sp³-hybridized carbons (Fsp3) is 0.588. The molecule has 100 valence electrons. The van der Waals surface area contributed by atoms with E-state index >= 15 is 0 Å². The lowest BCUT2D eigenvalue weighted by atomic mass is 9.61. The summed E-state index contributed by atoms with van der Waals surface area (Å²) in [7, 11) is 0. The van der Waals surface area contributed by atoms with Crippen LogP contribution in [0.3, 0.4) is 0 Å². The Hall–Kier alpha value is -1.31. The van der Waals surface area contributed by atoms with Crippen molar-refractivity contribution in [2.24, 2.45) is 17.8 Å². The van der Waals surface area contributed by atoms with Crippen LogP contribution in [0, 0.1) is 17.8 Å². The predicted octanol–water partition coefficient (Wildman–Crippen LogP) is 3.43. The van der Waals surface area contributed by atoms with Gasteiger partial charge in [0.1, 0.15) is 11.5 Å². The Morgan fingerprint density at radius 2 is 1.68 bits per heavy atom. The van der Waals surface area contributed by atoms with Crippen LogP contribution in [0.2, 0.25) is 0 Å². The van der Waals surface area contributed by atoms with Crippen LogP contribution >= 0.6 is 0 Å². The van der Waals surface area contributed by atoms with E-state index in [-0.39, 0.29) is 0 Å². The van der Waals surface area contributed by atoms with Crippen molar-refractivity contribution in [3.8, 4) is 5.75 Å². The fourth-order valence-corrected chi connectivity index (χ4v) is 4.99. The van der Waals surface area contributed by atoms with E-state index in [1.54, 1.807) is 0 Å². The van der Waals surface area contributed by atoms with Crippen LogP contribution in [0.4, 0.5) is 0 Å². The Morgan fingerprint density at radius 3 is 2.58 bits per heavy atom. The molecule has 2 saturated carbocycles. The Kier molecular flexibility index (Phi) is 2.48. The summed E-state index contributed by atoms with van der Waals surface area (Å²) in [4.78, 5) is 11.9. The zero-order valence-electron chi connectivity index (χ0n) is 11.1. The maximum atomic E-state index is 11.9. The van der Waals surface area contributed by atoms with E-state index in [9.17, 15) is 9.90 Å². The summed E-state index contributed by atoms with van der Waals surface area (Å²) >= 11 is 0. The molecule has 4 rings (SSSR count). The first-order valence-corrected chi connectivity index (χ1v) is 7.58. The maximum absolute atomic E-state index is 11.9. The smallest absolute Gasteiger partial charge is 0.136 e. The van der Waals surface area contributed by atoms with Crippen molar-refractivity contribution in [3.05, 3.63) is 29.3 Å². The van der Waals surface area contributed by atoms with Crippen molar-refractivity contribution in [2.75, 3.05) is 0 Å². The maximum Gasteiger partial charge on any atom is 0.136 e. The minimum atomic E-state index is 0.375. The first-order valence-electron chi connectivity index (χ1n) is 7.58. The van der Waals surface area contributed by atoms with Gasteiger partial charge < -0.3 is 5.11 Å².